The number of hydrogen-bond acceptors (Lipinski definition) is 4. The van der Waals surface area contributed by atoms with Crippen LogP contribution in [0.2, 0.25) is 0 Å². The third-order valence-electron chi connectivity index (χ3n) is 4.33. The Morgan fingerprint density at radius 3 is 2.54 bits per heavy atom. The van der Waals surface area contributed by atoms with Crippen LogP contribution >= 0.6 is 0 Å². The van der Waals surface area contributed by atoms with E-state index in [2.05, 4.69) is 15.4 Å². The van der Waals surface area contributed by atoms with Gasteiger partial charge in [0.15, 0.2) is 0 Å². The van der Waals surface area contributed by atoms with Crippen LogP contribution in [0.5, 0.6) is 0 Å². The van der Waals surface area contributed by atoms with Crippen molar-refractivity contribution in [3.05, 3.63) is 29.3 Å². The summed E-state index contributed by atoms with van der Waals surface area (Å²) in [4.78, 5) is 35.7. The molecule has 24 heavy (non-hydrogen) atoms. The van der Waals surface area contributed by atoms with Crippen molar-refractivity contribution in [3.63, 3.8) is 0 Å². The van der Waals surface area contributed by atoms with Crippen LogP contribution in [0.3, 0.4) is 0 Å². The molecular formula is C18H24N2O4. The number of benzene rings is 1. The molecule has 2 rings (SSSR count). The molecule has 0 spiro atoms. The van der Waals surface area contributed by atoms with Crippen LogP contribution in [0.15, 0.2) is 18.2 Å². The van der Waals surface area contributed by atoms with E-state index in [0.29, 0.717) is 11.3 Å². The Hall–Kier alpha value is -2.37. The van der Waals surface area contributed by atoms with Crippen LogP contribution < -0.4 is 10.6 Å². The molecule has 1 aliphatic carbocycles. The zero-order valence-electron chi connectivity index (χ0n) is 14.2. The molecule has 1 aromatic rings. The number of amides is 2. The van der Waals surface area contributed by atoms with E-state index in [1.807, 2.05) is 6.92 Å². The highest BCUT2D eigenvalue weighted by atomic mass is 16.5. The van der Waals surface area contributed by atoms with Gasteiger partial charge >= 0.3 is 5.97 Å². The van der Waals surface area contributed by atoms with Gasteiger partial charge in [0.2, 0.25) is 11.8 Å². The zero-order chi connectivity index (χ0) is 17.5. The third-order valence-corrected chi connectivity index (χ3v) is 4.33. The summed E-state index contributed by atoms with van der Waals surface area (Å²) in [6, 6.07) is 4.95. The average molecular weight is 332 g/mol. The van der Waals surface area contributed by atoms with Crippen molar-refractivity contribution in [2.45, 2.75) is 39.0 Å². The van der Waals surface area contributed by atoms with Gasteiger partial charge in [-0.1, -0.05) is 25.3 Å². The van der Waals surface area contributed by atoms with Gasteiger partial charge in [0, 0.05) is 11.6 Å². The second-order valence-electron chi connectivity index (χ2n) is 6.12. The Morgan fingerprint density at radius 2 is 1.88 bits per heavy atom. The molecule has 0 saturated heterocycles. The fourth-order valence-electron chi connectivity index (χ4n) is 2.87. The lowest BCUT2D eigenvalue weighted by molar-refractivity contribution is -0.128. The molecule has 1 aromatic carbocycles. The standard InChI is InChI=1S/C18H24N2O4/c1-12-8-9-14(18(23)24-2)10-15(12)20-16(21)11-19-17(22)13-6-4-3-5-7-13/h8-10,13H,3-7,11H2,1-2H3,(H,19,22)(H,20,21). The van der Waals surface area contributed by atoms with E-state index in [9.17, 15) is 14.4 Å². The molecule has 0 aromatic heterocycles. The number of anilines is 1. The lowest BCUT2D eigenvalue weighted by Gasteiger charge is -2.20. The maximum atomic E-state index is 12.1. The SMILES string of the molecule is COC(=O)c1ccc(C)c(NC(=O)CNC(=O)C2CCCCC2)c1. The highest BCUT2D eigenvalue weighted by Crippen LogP contribution is 2.23. The van der Waals surface area contributed by atoms with Gasteiger partial charge in [-0.2, -0.15) is 0 Å². The second kappa shape index (κ2) is 8.47. The highest BCUT2D eigenvalue weighted by Gasteiger charge is 2.21. The topological polar surface area (TPSA) is 84.5 Å². The molecule has 1 fully saturated rings. The number of ether oxygens (including phenoxy) is 1. The van der Waals surface area contributed by atoms with E-state index in [4.69, 9.17) is 0 Å². The molecule has 2 N–H and O–H groups in total. The van der Waals surface area contributed by atoms with Gasteiger partial charge in [-0.25, -0.2) is 4.79 Å². The monoisotopic (exact) mass is 332 g/mol. The molecule has 130 valence electrons. The molecule has 1 aliphatic rings. The molecule has 0 atom stereocenters. The lowest BCUT2D eigenvalue weighted by Crippen LogP contribution is -2.37. The van der Waals surface area contributed by atoms with E-state index in [-0.39, 0.29) is 24.3 Å². The van der Waals surface area contributed by atoms with Gasteiger partial charge in [0.05, 0.1) is 19.2 Å². The van der Waals surface area contributed by atoms with E-state index in [1.165, 1.54) is 13.5 Å². The van der Waals surface area contributed by atoms with Crippen molar-refractivity contribution >= 4 is 23.5 Å². The zero-order valence-corrected chi connectivity index (χ0v) is 14.2. The van der Waals surface area contributed by atoms with E-state index >= 15 is 0 Å². The van der Waals surface area contributed by atoms with Crippen molar-refractivity contribution < 1.29 is 19.1 Å². The minimum Gasteiger partial charge on any atom is -0.465 e. The summed E-state index contributed by atoms with van der Waals surface area (Å²) in [5, 5.41) is 5.42. The van der Waals surface area contributed by atoms with Gasteiger partial charge in [0.25, 0.3) is 0 Å². The molecule has 6 nitrogen and oxygen atoms in total. The first-order valence-corrected chi connectivity index (χ1v) is 8.28. The number of hydrogen-bond donors (Lipinski definition) is 2. The van der Waals surface area contributed by atoms with Crippen LogP contribution in [-0.4, -0.2) is 31.4 Å². The van der Waals surface area contributed by atoms with E-state index in [1.54, 1.807) is 18.2 Å². The second-order valence-corrected chi connectivity index (χ2v) is 6.12. The van der Waals surface area contributed by atoms with Crippen molar-refractivity contribution in [2.75, 3.05) is 19.0 Å². The van der Waals surface area contributed by atoms with Crippen LogP contribution in [0.25, 0.3) is 0 Å². The summed E-state index contributed by atoms with van der Waals surface area (Å²) in [6.07, 6.45) is 5.12. The van der Waals surface area contributed by atoms with Gasteiger partial charge in [-0.3, -0.25) is 9.59 Å². The molecule has 0 heterocycles. The smallest absolute Gasteiger partial charge is 0.337 e. The minimum absolute atomic E-state index is 0.0240. The summed E-state index contributed by atoms with van der Waals surface area (Å²) < 4.78 is 4.67. The summed E-state index contributed by atoms with van der Waals surface area (Å²) in [7, 11) is 1.31. The van der Waals surface area contributed by atoms with Gasteiger partial charge in [0.1, 0.15) is 0 Å². The molecule has 6 heteroatoms. The number of esters is 1. The van der Waals surface area contributed by atoms with Crippen molar-refractivity contribution in [1.29, 1.82) is 0 Å². The molecule has 0 bridgehead atoms. The largest absolute Gasteiger partial charge is 0.465 e. The molecule has 2 amide bonds. The van der Waals surface area contributed by atoms with Gasteiger partial charge in [-0.05, 0) is 37.5 Å². The predicted octanol–water partition coefficient (Wildman–Crippen LogP) is 2.42. The van der Waals surface area contributed by atoms with E-state index in [0.717, 1.165) is 31.2 Å². The normalized spacial score (nSPS) is 14.8. The first-order chi connectivity index (χ1) is 11.5. The Balaban J connectivity index is 1.89. The number of carbonyl (C=O) groups is 3. The lowest BCUT2D eigenvalue weighted by atomic mass is 9.89. The Morgan fingerprint density at radius 1 is 1.17 bits per heavy atom. The first-order valence-electron chi connectivity index (χ1n) is 8.28. The molecular weight excluding hydrogens is 308 g/mol. The summed E-state index contributed by atoms with van der Waals surface area (Å²) >= 11 is 0. The maximum absolute atomic E-state index is 12.1. The Labute approximate surface area is 142 Å². The number of aryl methyl sites for hydroxylation is 1. The maximum Gasteiger partial charge on any atom is 0.337 e. The number of rotatable bonds is 5. The quantitative estimate of drug-likeness (QED) is 0.811. The van der Waals surface area contributed by atoms with Crippen molar-refractivity contribution in [2.24, 2.45) is 5.92 Å². The molecule has 1 saturated carbocycles. The molecule has 0 aliphatic heterocycles. The van der Waals surface area contributed by atoms with Crippen LogP contribution in [0.1, 0.15) is 48.0 Å². The van der Waals surface area contributed by atoms with Crippen molar-refractivity contribution in [1.82, 2.24) is 5.32 Å². The molecule has 0 radical (unpaired) electrons. The Bertz CT molecular complexity index is 621. The average Bonchev–Trinajstić information content (AvgIpc) is 2.61. The molecule has 0 unspecified atom stereocenters. The van der Waals surface area contributed by atoms with Gasteiger partial charge < -0.3 is 15.4 Å². The fourth-order valence-corrected chi connectivity index (χ4v) is 2.87. The number of nitrogens with one attached hydrogen (secondary N) is 2. The third kappa shape index (κ3) is 4.81. The van der Waals surface area contributed by atoms with Crippen molar-refractivity contribution in [3.8, 4) is 0 Å². The van der Waals surface area contributed by atoms with Crippen LogP contribution in [0.4, 0.5) is 5.69 Å². The van der Waals surface area contributed by atoms with E-state index < -0.39 is 5.97 Å². The van der Waals surface area contributed by atoms with Gasteiger partial charge in [-0.15, -0.1) is 0 Å². The highest BCUT2D eigenvalue weighted by molar-refractivity contribution is 5.97. The number of carbonyl (C=O) groups excluding carboxylic acids is 3. The summed E-state index contributed by atoms with van der Waals surface area (Å²) in [5.74, 6) is -0.804. The summed E-state index contributed by atoms with van der Waals surface area (Å²) in [6.45, 7) is 1.76. The van der Waals surface area contributed by atoms with Crippen LogP contribution in [0, 0.1) is 12.8 Å². The fraction of sp³-hybridized carbons (Fsp3) is 0.500. The van der Waals surface area contributed by atoms with Crippen LogP contribution in [-0.2, 0) is 14.3 Å². The minimum atomic E-state index is -0.462. The Kier molecular flexibility index (Phi) is 6.35. The number of methoxy groups -OCH3 is 1. The predicted molar refractivity (Wildman–Crippen MR) is 90.7 cm³/mol. The first kappa shape index (κ1) is 18.0. The summed E-state index contributed by atoms with van der Waals surface area (Å²) in [5.41, 5.74) is 1.73.